The minimum atomic E-state index is 0.106. The SMILES string of the molecule is CC[C@H](CO)NC(C)c1cc(Cl)sc1Cl. The molecular formula is C10H15Cl2NOS. The molecule has 0 aliphatic carbocycles. The fraction of sp³-hybridized carbons (Fsp3) is 0.600. The van der Waals surface area contributed by atoms with Crippen LogP contribution in [0.2, 0.25) is 8.67 Å². The van der Waals surface area contributed by atoms with E-state index in [1.807, 2.05) is 19.9 Å². The Balaban J connectivity index is 2.67. The van der Waals surface area contributed by atoms with E-state index in [0.29, 0.717) is 8.67 Å². The van der Waals surface area contributed by atoms with Crippen LogP contribution in [0.15, 0.2) is 6.07 Å². The number of halogens is 2. The van der Waals surface area contributed by atoms with Crippen molar-refractivity contribution in [1.29, 1.82) is 0 Å². The van der Waals surface area contributed by atoms with Crippen molar-refractivity contribution in [1.82, 2.24) is 5.32 Å². The number of rotatable bonds is 5. The van der Waals surface area contributed by atoms with Crippen molar-refractivity contribution in [3.05, 3.63) is 20.3 Å². The molecule has 0 bridgehead atoms. The van der Waals surface area contributed by atoms with E-state index >= 15 is 0 Å². The lowest BCUT2D eigenvalue weighted by Crippen LogP contribution is -2.33. The van der Waals surface area contributed by atoms with Crippen molar-refractivity contribution in [2.75, 3.05) is 6.61 Å². The number of aliphatic hydroxyl groups is 1. The minimum absolute atomic E-state index is 0.106. The van der Waals surface area contributed by atoms with Gasteiger partial charge in [0.25, 0.3) is 0 Å². The third kappa shape index (κ3) is 3.61. The lowest BCUT2D eigenvalue weighted by molar-refractivity contribution is 0.230. The molecule has 0 amide bonds. The summed E-state index contributed by atoms with van der Waals surface area (Å²) in [6.07, 6.45) is 0.885. The maximum Gasteiger partial charge on any atom is 0.0991 e. The van der Waals surface area contributed by atoms with Gasteiger partial charge in [0.05, 0.1) is 15.3 Å². The molecule has 0 radical (unpaired) electrons. The largest absolute Gasteiger partial charge is 0.395 e. The van der Waals surface area contributed by atoms with Crippen LogP contribution in [0.25, 0.3) is 0 Å². The predicted molar refractivity (Wildman–Crippen MR) is 67.1 cm³/mol. The Bertz CT molecular complexity index is 312. The van der Waals surface area contributed by atoms with E-state index in [4.69, 9.17) is 28.3 Å². The summed E-state index contributed by atoms with van der Waals surface area (Å²) in [6, 6.07) is 2.09. The normalized spacial score (nSPS) is 15.3. The second-order valence-corrected chi connectivity index (χ2v) is 5.74. The highest BCUT2D eigenvalue weighted by Gasteiger charge is 2.15. The van der Waals surface area contributed by atoms with E-state index in [-0.39, 0.29) is 18.7 Å². The monoisotopic (exact) mass is 267 g/mol. The summed E-state index contributed by atoms with van der Waals surface area (Å²) in [5, 5.41) is 12.4. The van der Waals surface area contributed by atoms with Gasteiger partial charge in [-0.05, 0) is 25.0 Å². The van der Waals surface area contributed by atoms with Crippen molar-refractivity contribution in [3.8, 4) is 0 Å². The highest BCUT2D eigenvalue weighted by atomic mass is 35.5. The zero-order valence-electron chi connectivity index (χ0n) is 8.76. The summed E-state index contributed by atoms with van der Waals surface area (Å²) in [7, 11) is 0. The standard InChI is InChI=1S/C10H15Cl2NOS/c1-3-7(5-14)13-6(2)8-4-9(11)15-10(8)12/h4,6-7,13-14H,3,5H2,1-2H3/t6?,7-/m1/s1. The van der Waals surface area contributed by atoms with Gasteiger partial charge in [-0.1, -0.05) is 30.1 Å². The maximum absolute atomic E-state index is 9.08. The van der Waals surface area contributed by atoms with Gasteiger partial charge in [0.1, 0.15) is 0 Å². The number of hydrogen-bond donors (Lipinski definition) is 2. The highest BCUT2D eigenvalue weighted by molar-refractivity contribution is 7.20. The molecule has 1 rings (SSSR count). The van der Waals surface area contributed by atoms with Crippen LogP contribution >= 0.6 is 34.5 Å². The van der Waals surface area contributed by atoms with Crippen LogP contribution in [0.4, 0.5) is 0 Å². The molecule has 0 saturated heterocycles. The molecule has 0 saturated carbocycles. The zero-order valence-corrected chi connectivity index (χ0v) is 11.1. The number of thiophene rings is 1. The fourth-order valence-electron chi connectivity index (χ4n) is 1.39. The Labute approximate surface area is 104 Å². The van der Waals surface area contributed by atoms with Gasteiger partial charge in [-0.3, -0.25) is 0 Å². The van der Waals surface area contributed by atoms with E-state index in [0.717, 1.165) is 12.0 Å². The van der Waals surface area contributed by atoms with Crippen molar-refractivity contribution >= 4 is 34.5 Å². The zero-order chi connectivity index (χ0) is 11.4. The second kappa shape index (κ2) is 6.06. The Morgan fingerprint density at radius 1 is 1.53 bits per heavy atom. The van der Waals surface area contributed by atoms with Gasteiger partial charge >= 0.3 is 0 Å². The summed E-state index contributed by atoms with van der Waals surface area (Å²) in [5.74, 6) is 0. The first-order chi connectivity index (χ1) is 7.08. The molecule has 0 aliphatic heterocycles. The van der Waals surface area contributed by atoms with Gasteiger partial charge in [-0.2, -0.15) is 0 Å². The summed E-state index contributed by atoms with van der Waals surface area (Å²) in [6.45, 7) is 4.18. The van der Waals surface area contributed by atoms with Crippen LogP contribution in [-0.4, -0.2) is 17.8 Å². The first-order valence-corrected chi connectivity index (χ1v) is 6.47. The molecular weight excluding hydrogens is 253 g/mol. The highest BCUT2D eigenvalue weighted by Crippen LogP contribution is 2.34. The van der Waals surface area contributed by atoms with E-state index in [1.165, 1.54) is 11.3 Å². The molecule has 2 atom stereocenters. The van der Waals surface area contributed by atoms with Crippen molar-refractivity contribution in [2.45, 2.75) is 32.4 Å². The van der Waals surface area contributed by atoms with Crippen LogP contribution in [0.3, 0.4) is 0 Å². The molecule has 15 heavy (non-hydrogen) atoms. The first-order valence-electron chi connectivity index (χ1n) is 4.90. The number of hydrogen-bond acceptors (Lipinski definition) is 3. The summed E-state index contributed by atoms with van der Waals surface area (Å²) >= 11 is 13.3. The molecule has 1 aromatic rings. The van der Waals surface area contributed by atoms with Crippen molar-refractivity contribution in [3.63, 3.8) is 0 Å². The molecule has 2 nitrogen and oxygen atoms in total. The average molecular weight is 268 g/mol. The lowest BCUT2D eigenvalue weighted by atomic mass is 10.1. The van der Waals surface area contributed by atoms with Gasteiger partial charge in [0.2, 0.25) is 0 Å². The molecule has 0 fully saturated rings. The third-order valence-electron chi connectivity index (χ3n) is 2.35. The van der Waals surface area contributed by atoms with E-state index in [1.54, 1.807) is 0 Å². The van der Waals surface area contributed by atoms with Gasteiger partial charge < -0.3 is 10.4 Å². The van der Waals surface area contributed by atoms with Crippen LogP contribution in [0.5, 0.6) is 0 Å². The molecule has 86 valence electrons. The fourth-order valence-corrected chi connectivity index (χ4v) is 3.04. The molecule has 0 aromatic carbocycles. The Hall–Kier alpha value is 0.200. The van der Waals surface area contributed by atoms with E-state index < -0.39 is 0 Å². The van der Waals surface area contributed by atoms with Gasteiger partial charge in [0.15, 0.2) is 0 Å². The minimum Gasteiger partial charge on any atom is -0.395 e. The summed E-state index contributed by atoms with van der Waals surface area (Å²) in [5.41, 5.74) is 0.999. The lowest BCUT2D eigenvalue weighted by Gasteiger charge is -2.20. The van der Waals surface area contributed by atoms with Crippen LogP contribution < -0.4 is 5.32 Å². The predicted octanol–water partition coefficient (Wildman–Crippen LogP) is 3.48. The van der Waals surface area contributed by atoms with Gasteiger partial charge in [-0.25, -0.2) is 0 Å². The molecule has 0 aliphatic rings. The first kappa shape index (κ1) is 13.3. The van der Waals surface area contributed by atoms with E-state index in [2.05, 4.69) is 5.32 Å². The topological polar surface area (TPSA) is 32.3 Å². The smallest absolute Gasteiger partial charge is 0.0991 e. The quantitative estimate of drug-likeness (QED) is 0.857. The number of nitrogens with one attached hydrogen (secondary N) is 1. The van der Waals surface area contributed by atoms with Crippen molar-refractivity contribution in [2.24, 2.45) is 0 Å². The summed E-state index contributed by atoms with van der Waals surface area (Å²) in [4.78, 5) is 0. The van der Waals surface area contributed by atoms with Gasteiger partial charge in [0, 0.05) is 12.1 Å². The molecule has 1 aromatic heterocycles. The molecule has 0 spiro atoms. The molecule has 5 heteroatoms. The summed E-state index contributed by atoms with van der Waals surface area (Å²) < 4.78 is 1.41. The van der Waals surface area contributed by atoms with Gasteiger partial charge in [-0.15, -0.1) is 11.3 Å². The maximum atomic E-state index is 9.08. The molecule has 1 unspecified atom stereocenters. The Morgan fingerprint density at radius 3 is 2.60 bits per heavy atom. The van der Waals surface area contributed by atoms with Crippen LogP contribution in [0, 0.1) is 0 Å². The molecule has 1 heterocycles. The Kier molecular flexibility index (Phi) is 5.36. The van der Waals surface area contributed by atoms with Crippen molar-refractivity contribution < 1.29 is 5.11 Å². The van der Waals surface area contributed by atoms with Crippen LogP contribution in [0.1, 0.15) is 31.9 Å². The average Bonchev–Trinajstić information content (AvgIpc) is 2.54. The second-order valence-electron chi connectivity index (χ2n) is 3.46. The van der Waals surface area contributed by atoms with E-state index in [9.17, 15) is 0 Å². The Morgan fingerprint density at radius 2 is 2.20 bits per heavy atom. The molecule has 2 N–H and O–H groups in total. The third-order valence-corrected chi connectivity index (χ3v) is 3.87. The van der Waals surface area contributed by atoms with Crippen LogP contribution in [-0.2, 0) is 0 Å². The number of aliphatic hydroxyl groups excluding tert-OH is 1.